The molecule has 2 rings (SSSR count). The minimum absolute atomic E-state index is 0.635. The highest BCUT2D eigenvalue weighted by atomic mass is 35.5. The molecule has 0 fully saturated rings. The van der Waals surface area contributed by atoms with Crippen molar-refractivity contribution in [2.24, 2.45) is 0 Å². The molecule has 14 heavy (non-hydrogen) atoms. The van der Waals surface area contributed by atoms with Gasteiger partial charge in [0, 0.05) is 11.9 Å². The maximum Gasteiger partial charge on any atom is 0.153 e. The first-order chi connectivity index (χ1) is 6.66. The lowest BCUT2D eigenvalue weighted by atomic mass is 10.4. The van der Waals surface area contributed by atoms with Gasteiger partial charge in [-0.25, -0.2) is 9.67 Å². The zero-order valence-corrected chi connectivity index (χ0v) is 8.78. The van der Waals surface area contributed by atoms with Crippen molar-refractivity contribution in [3.63, 3.8) is 0 Å². The second-order valence-electron chi connectivity index (χ2n) is 3.17. The summed E-state index contributed by atoms with van der Waals surface area (Å²) in [6.45, 7) is 3.95. The zero-order chi connectivity index (χ0) is 10.1. The maximum atomic E-state index is 5.75. The average Bonchev–Trinajstić information content (AvgIpc) is 2.47. The fourth-order valence-corrected chi connectivity index (χ4v) is 1.47. The first kappa shape index (κ1) is 9.21. The lowest BCUT2D eigenvalue weighted by molar-refractivity contribution is 0.806. The Morgan fingerprint density at radius 3 is 2.57 bits per heavy atom. The van der Waals surface area contributed by atoms with E-state index in [2.05, 4.69) is 10.1 Å². The van der Waals surface area contributed by atoms with Gasteiger partial charge in [-0.3, -0.25) is 0 Å². The molecule has 4 heteroatoms. The summed E-state index contributed by atoms with van der Waals surface area (Å²) < 4.78 is 1.80. The van der Waals surface area contributed by atoms with Gasteiger partial charge in [-0.2, -0.15) is 5.10 Å². The number of aryl methyl sites for hydroxylation is 2. The quantitative estimate of drug-likeness (QED) is 0.720. The number of nitrogens with zero attached hydrogens (tertiary/aromatic N) is 3. The van der Waals surface area contributed by atoms with Gasteiger partial charge in [0.15, 0.2) is 5.82 Å². The minimum atomic E-state index is 0.635. The number of aromatic nitrogens is 3. The van der Waals surface area contributed by atoms with Gasteiger partial charge in [-0.05, 0) is 32.0 Å². The first-order valence-electron chi connectivity index (χ1n) is 4.32. The van der Waals surface area contributed by atoms with Crippen molar-refractivity contribution in [3.05, 3.63) is 40.8 Å². The number of halogens is 1. The Bertz CT molecular complexity index is 445. The number of pyridine rings is 1. The van der Waals surface area contributed by atoms with Gasteiger partial charge < -0.3 is 0 Å². The number of hydrogen-bond donors (Lipinski definition) is 0. The Kier molecular flexibility index (Phi) is 2.25. The van der Waals surface area contributed by atoms with Crippen LogP contribution in [0.1, 0.15) is 11.4 Å². The smallest absolute Gasteiger partial charge is 0.153 e. The molecule has 72 valence electrons. The van der Waals surface area contributed by atoms with E-state index in [9.17, 15) is 0 Å². The monoisotopic (exact) mass is 207 g/mol. The molecule has 0 aliphatic carbocycles. The zero-order valence-electron chi connectivity index (χ0n) is 8.03. The van der Waals surface area contributed by atoms with Crippen LogP contribution < -0.4 is 0 Å². The molecule has 0 radical (unpaired) electrons. The topological polar surface area (TPSA) is 30.7 Å². The molecule has 0 atom stereocenters. The second kappa shape index (κ2) is 3.42. The van der Waals surface area contributed by atoms with Crippen LogP contribution in [-0.2, 0) is 0 Å². The SMILES string of the molecule is Cc1cc(C)n(-c2ccc(Cl)cn2)n1. The van der Waals surface area contributed by atoms with Gasteiger partial charge in [-0.15, -0.1) is 0 Å². The highest BCUT2D eigenvalue weighted by molar-refractivity contribution is 6.30. The highest BCUT2D eigenvalue weighted by Crippen LogP contribution is 2.12. The Balaban J connectivity index is 2.49. The Morgan fingerprint density at radius 1 is 1.29 bits per heavy atom. The molecule has 0 aromatic carbocycles. The summed E-state index contributed by atoms with van der Waals surface area (Å²) in [6, 6.07) is 5.67. The fraction of sp³-hybridized carbons (Fsp3) is 0.200. The lowest BCUT2D eigenvalue weighted by Crippen LogP contribution is -2.00. The van der Waals surface area contributed by atoms with Crippen molar-refractivity contribution in [1.29, 1.82) is 0 Å². The standard InChI is InChI=1S/C10H10ClN3/c1-7-5-8(2)14(13-7)10-4-3-9(11)6-12-10/h3-6H,1-2H3. The Labute approximate surface area is 87.3 Å². The largest absolute Gasteiger partial charge is 0.236 e. The van der Waals surface area contributed by atoms with Gasteiger partial charge in [-0.1, -0.05) is 11.6 Å². The second-order valence-corrected chi connectivity index (χ2v) is 3.61. The molecular weight excluding hydrogens is 198 g/mol. The predicted octanol–water partition coefficient (Wildman–Crippen LogP) is 2.54. The van der Waals surface area contributed by atoms with Gasteiger partial charge >= 0.3 is 0 Å². The summed E-state index contributed by atoms with van der Waals surface area (Å²) in [5.74, 6) is 0.792. The summed E-state index contributed by atoms with van der Waals surface area (Å²) in [5, 5.41) is 4.96. The summed E-state index contributed by atoms with van der Waals surface area (Å²) in [4.78, 5) is 4.19. The van der Waals surface area contributed by atoms with Crippen LogP contribution in [0, 0.1) is 13.8 Å². The normalized spacial score (nSPS) is 10.5. The fourth-order valence-electron chi connectivity index (χ4n) is 1.35. The van der Waals surface area contributed by atoms with Crippen molar-refractivity contribution in [2.45, 2.75) is 13.8 Å². The molecule has 2 aromatic heterocycles. The van der Waals surface area contributed by atoms with E-state index in [-0.39, 0.29) is 0 Å². The molecule has 0 aliphatic heterocycles. The highest BCUT2D eigenvalue weighted by Gasteiger charge is 2.03. The average molecular weight is 208 g/mol. The van der Waals surface area contributed by atoms with Gasteiger partial charge in [0.1, 0.15) is 0 Å². The molecule has 0 saturated heterocycles. The molecule has 0 amide bonds. The third-order valence-electron chi connectivity index (χ3n) is 1.94. The predicted molar refractivity (Wildman–Crippen MR) is 55.8 cm³/mol. The minimum Gasteiger partial charge on any atom is -0.236 e. The van der Waals surface area contributed by atoms with Crippen LogP contribution in [0.4, 0.5) is 0 Å². The molecule has 2 heterocycles. The van der Waals surface area contributed by atoms with Crippen LogP contribution in [0.25, 0.3) is 5.82 Å². The van der Waals surface area contributed by atoms with E-state index in [1.165, 1.54) is 0 Å². The van der Waals surface area contributed by atoms with E-state index in [0.717, 1.165) is 17.2 Å². The van der Waals surface area contributed by atoms with Crippen molar-refractivity contribution in [1.82, 2.24) is 14.8 Å². The summed E-state index contributed by atoms with van der Waals surface area (Å²) >= 11 is 5.75. The van der Waals surface area contributed by atoms with Crippen molar-refractivity contribution >= 4 is 11.6 Å². The number of rotatable bonds is 1. The van der Waals surface area contributed by atoms with Gasteiger partial charge in [0.05, 0.1) is 10.7 Å². The molecule has 2 aromatic rings. The van der Waals surface area contributed by atoms with Crippen LogP contribution in [0.15, 0.2) is 24.4 Å². The van der Waals surface area contributed by atoms with E-state index in [1.807, 2.05) is 26.0 Å². The van der Waals surface area contributed by atoms with Crippen molar-refractivity contribution < 1.29 is 0 Å². The lowest BCUT2D eigenvalue weighted by Gasteiger charge is -2.02. The summed E-state index contributed by atoms with van der Waals surface area (Å²) in [6.07, 6.45) is 1.62. The van der Waals surface area contributed by atoms with Crippen molar-refractivity contribution in [2.75, 3.05) is 0 Å². The van der Waals surface area contributed by atoms with Gasteiger partial charge in [0.2, 0.25) is 0 Å². The molecule has 0 N–H and O–H groups in total. The first-order valence-corrected chi connectivity index (χ1v) is 4.70. The van der Waals surface area contributed by atoms with E-state index in [0.29, 0.717) is 5.02 Å². The van der Waals surface area contributed by atoms with Crippen LogP contribution >= 0.6 is 11.6 Å². The molecule has 0 aliphatic rings. The molecule has 0 saturated carbocycles. The summed E-state index contributed by atoms with van der Waals surface area (Å²) in [5.41, 5.74) is 2.05. The van der Waals surface area contributed by atoms with Gasteiger partial charge in [0.25, 0.3) is 0 Å². The molecule has 0 unspecified atom stereocenters. The summed E-state index contributed by atoms with van der Waals surface area (Å²) in [7, 11) is 0. The Morgan fingerprint density at radius 2 is 2.07 bits per heavy atom. The van der Waals surface area contributed by atoms with E-state index in [4.69, 9.17) is 11.6 Å². The Hall–Kier alpha value is -1.35. The molecular formula is C10H10ClN3. The third-order valence-corrected chi connectivity index (χ3v) is 2.16. The molecule has 3 nitrogen and oxygen atoms in total. The van der Waals surface area contributed by atoms with E-state index in [1.54, 1.807) is 16.9 Å². The van der Waals surface area contributed by atoms with Crippen LogP contribution in [-0.4, -0.2) is 14.8 Å². The third kappa shape index (κ3) is 1.63. The van der Waals surface area contributed by atoms with Crippen LogP contribution in [0.2, 0.25) is 5.02 Å². The van der Waals surface area contributed by atoms with Crippen LogP contribution in [0.3, 0.4) is 0 Å². The van der Waals surface area contributed by atoms with E-state index >= 15 is 0 Å². The van der Waals surface area contributed by atoms with E-state index < -0.39 is 0 Å². The van der Waals surface area contributed by atoms with Crippen molar-refractivity contribution in [3.8, 4) is 5.82 Å². The molecule has 0 spiro atoms. The number of hydrogen-bond acceptors (Lipinski definition) is 2. The van der Waals surface area contributed by atoms with Crippen LogP contribution in [0.5, 0.6) is 0 Å². The maximum absolute atomic E-state index is 5.75. The molecule has 0 bridgehead atoms.